The third-order valence-corrected chi connectivity index (χ3v) is 4.55. The molecule has 96 valence electrons. The third-order valence-electron chi connectivity index (χ3n) is 2.55. The second-order valence-corrected chi connectivity index (χ2v) is 5.62. The minimum atomic E-state index is -3.64. The van der Waals surface area contributed by atoms with Crippen molar-refractivity contribution >= 4 is 15.8 Å². The van der Waals surface area contributed by atoms with Gasteiger partial charge in [0.1, 0.15) is 10.7 Å². The van der Waals surface area contributed by atoms with Gasteiger partial charge in [0.15, 0.2) is 0 Å². The van der Waals surface area contributed by atoms with Crippen molar-refractivity contribution in [2.24, 2.45) is 0 Å². The Balaban J connectivity index is 3.22. The van der Waals surface area contributed by atoms with Crippen molar-refractivity contribution in [1.82, 2.24) is 9.29 Å². The van der Waals surface area contributed by atoms with Gasteiger partial charge in [0, 0.05) is 26.3 Å². The lowest BCUT2D eigenvalue weighted by atomic mass is 10.4. The van der Waals surface area contributed by atoms with Gasteiger partial charge in [-0.1, -0.05) is 0 Å². The van der Waals surface area contributed by atoms with Crippen LogP contribution in [0.4, 0.5) is 5.82 Å². The first-order chi connectivity index (χ1) is 7.95. The summed E-state index contributed by atoms with van der Waals surface area (Å²) < 4.78 is 25.6. The van der Waals surface area contributed by atoms with Gasteiger partial charge in [-0.25, -0.2) is 13.4 Å². The van der Waals surface area contributed by atoms with Gasteiger partial charge in [0.2, 0.25) is 10.0 Å². The maximum atomic E-state index is 12.2. The third kappa shape index (κ3) is 2.74. The van der Waals surface area contributed by atoms with Crippen molar-refractivity contribution < 1.29 is 13.5 Å². The highest BCUT2D eigenvalue weighted by atomic mass is 32.2. The number of pyridine rings is 1. The minimum absolute atomic E-state index is 0.102. The molecule has 1 aromatic heterocycles. The van der Waals surface area contributed by atoms with Gasteiger partial charge >= 0.3 is 0 Å². The maximum absolute atomic E-state index is 12.2. The van der Waals surface area contributed by atoms with Crippen molar-refractivity contribution in [3.05, 3.63) is 18.3 Å². The summed E-state index contributed by atoms with van der Waals surface area (Å²) in [6, 6.07) is 2.56. The van der Waals surface area contributed by atoms with Crippen LogP contribution >= 0.6 is 0 Å². The lowest BCUT2D eigenvalue weighted by Crippen LogP contribution is -2.37. The van der Waals surface area contributed by atoms with Crippen LogP contribution in [0, 0.1) is 0 Å². The molecule has 0 amide bonds. The van der Waals surface area contributed by atoms with E-state index in [0.29, 0.717) is 5.82 Å². The van der Waals surface area contributed by atoms with Gasteiger partial charge in [-0.15, -0.1) is 0 Å². The molecule has 0 saturated heterocycles. The van der Waals surface area contributed by atoms with Gasteiger partial charge in [-0.05, 0) is 19.1 Å². The first-order valence-electron chi connectivity index (χ1n) is 5.16. The van der Waals surface area contributed by atoms with E-state index in [1.807, 2.05) is 0 Å². The predicted molar refractivity (Wildman–Crippen MR) is 65.3 cm³/mol. The summed E-state index contributed by atoms with van der Waals surface area (Å²) in [5, 5.41) is 11.7. The number of hydrogen-bond acceptors (Lipinski definition) is 5. The number of rotatable bonds is 5. The Bertz CT molecular complexity index is 475. The summed E-state index contributed by atoms with van der Waals surface area (Å²) in [6.07, 6.45) is 1.51. The van der Waals surface area contributed by atoms with Crippen molar-refractivity contribution in [3.8, 4) is 0 Å². The molecule has 0 radical (unpaired) electrons. The molecule has 1 aromatic rings. The SMILES string of the molecule is CNc1ncccc1S(=O)(=O)N(C)C(C)CO. The molecule has 0 spiro atoms. The smallest absolute Gasteiger partial charge is 0.246 e. The molecule has 0 aliphatic rings. The molecule has 0 aliphatic carbocycles. The molecule has 2 N–H and O–H groups in total. The molecule has 7 heteroatoms. The van der Waals surface area contributed by atoms with Crippen LogP contribution in [0.25, 0.3) is 0 Å². The van der Waals surface area contributed by atoms with E-state index in [0.717, 1.165) is 4.31 Å². The van der Waals surface area contributed by atoms with Gasteiger partial charge in [0.05, 0.1) is 6.61 Å². The molecule has 1 heterocycles. The first kappa shape index (κ1) is 13.9. The van der Waals surface area contributed by atoms with E-state index in [1.165, 1.54) is 19.3 Å². The number of aromatic nitrogens is 1. The monoisotopic (exact) mass is 259 g/mol. The highest BCUT2D eigenvalue weighted by Gasteiger charge is 2.27. The van der Waals surface area contributed by atoms with E-state index in [-0.39, 0.29) is 11.5 Å². The average molecular weight is 259 g/mol. The van der Waals surface area contributed by atoms with E-state index in [9.17, 15) is 8.42 Å². The topological polar surface area (TPSA) is 82.5 Å². The standard InChI is InChI=1S/C10H17N3O3S/c1-8(7-14)13(3)17(15,16)9-5-4-6-12-10(9)11-2/h4-6,8,14H,7H2,1-3H3,(H,11,12). The zero-order chi connectivity index (χ0) is 13.1. The Labute approximate surface area is 101 Å². The molecular weight excluding hydrogens is 242 g/mol. The number of sulfonamides is 1. The fourth-order valence-electron chi connectivity index (χ4n) is 1.29. The van der Waals surface area contributed by atoms with Crippen LogP contribution in [0.1, 0.15) is 6.92 Å². The van der Waals surface area contributed by atoms with Crippen LogP contribution in [0.2, 0.25) is 0 Å². The van der Waals surface area contributed by atoms with Crippen molar-refractivity contribution in [2.45, 2.75) is 17.9 Å². The van der Waals surface area contributed by atoms with Crippen LogP contribution in [0.3, 0.4) is 0 Å². The zero-order valence-electron chi connectivity index (χ0n) is 10.1. The van der Waals surface area contributed by atoms with Crippen molar-refractivity contribution in [2.75, 3.05) is 26.0 Å². The average Bonchev–Trinajstić information content (AvgIpc) is 2.36. The number of aliphatic hydroxyl groups excluding tert-OH is 1. The molecule has 0 saturated carbocycles. The molecular formula is C10H17N3O3S. The lowest BCUT2D eigenvalue weighted by molar-refractivity contribution is 0.214. The number of nitrogens with zero attached hydrogens (tertiary/aromatic N) is 2. The molecule has 1 atom stereocenters. The van der Waals surface area contributed by atoms with Gasteiger partial charge in [-0.2, -0.15) is 4.31 Å². The van der Waals surface area contributed by atoms with Crippen molar-refractivity contribution in [1.29, 1.82) is 0 Å². The van der Waals surface area contributed by atoms with Gasteiger partial charge < -0.3 is 10.4 Å². The first-order valence-corrected chi connectivity index (χ1v) is 6.60. The molecule has 6 nitrogen and oxygen atoms in total. The summed E-state index contributed by atoms with van der Waals surface area (Å²) in [6.45, 7) is 1.40. The molecule has 17 heavy (non-hydrogen) atoms. The summed E-state index contributed by atoms with van der Waals surface area (Å²) in [5.41, 5.74) is 0. The number of likely N-dealkylation sites (N-methyl/N-ethyl adjacent to an activating group) is 1. The number of hydrogen-bond donors (Lipinski definition) is 2. The highest BCUT2D eigenvalue weighted by molar-refractivity contribution is 7.89. The van der Waals surface area contributed by atoms with Crippen molar-refractivity contribution in [3.63, 3.8) is 0 Å². The minimum Gasteiger partial charge on any atom is -0.395 e. The van der Waals surface area contributed by atoms with E-state index >= 15 is 0 Å². The Morgan fingerprint density at radius 3 is 2.76 bits per heavy atom. The van der Waals surface area contributed by atoms with E-state index in [4.69, 9.17) is 5.11 Å². The Morgan fingerprint density at radius 1 is 1.59 bits per heavy atom. The molecule has 0 aromatic carbocycles. The molecule has 1 rings (SSSR count). The number of nitrogens with one attached hydrogen (secondary N) is 1. The second-order valence-electron chi connectivity index (χ2n) is 3.65. The van der Waals surface area contributed by atoms with E-state index in [1.54, 1.807) is 20.0 Å². The second kappa shape index (κ2) is 5.44. The van der Waals surface area contributed by atoms with Gasteiger partial charge in [-0.3, -0.25) is 0 Å². The maximum Gasteiger partial charge on any atom is 0.246 e. The number of aliphatic hydroxyl groups is 1. The Hall–Kier alpha value is -1.18. The fraction of sp³-hybridized carbons (Fsp3) is 0.500. The van der Waals surface area contributed by atoms with Gasteiger partial charge in [0.25, 0.3) is 0 Å². The van der Waals surface area contributed by atoms with Crippen LogP contribution in [-0.2, 0) is 10.0 Å². The quantitative estimate of drug-likeness (QED) is 0.785. The summed E-state index contributed by atoms with van der Waals surface area (Å²) in [7, 11) is -0.604. The molecule has 0 aliphatic heterocycles. The number of anilines is 1. The lowest BCUT2D eigenvalue weighted by Gasteiger charge is -2.23. The summed E-state index contributed by atoms with van der Waals surface area (Å²) in [4.78, 5) is 4.05. The van der Waals surface area contributed by atoms with Crippen LogP contribution in [0.5, 0.6) is 0 Å². The summed E-state index contributed by atoms with van der Waals surface area (Å²) >= 11 is 0. The summed E-state index contributed by atoms with van der Waals surface area (Å²) in [5.74, 6) is 0.296. The molecule has 0 fully saturated rings. The predicted octanol–water partition coefficient (Wildman–Crippen LogP) is 0.125. The molecule has 1 unspecified atom stereocenters. The normalized spacial score (nSPS) is 13.7. The van der Waals surface area contributed by atoms with Crippen LogP contribution in [0.15, 0.2) is 23.2 Å². The van der Waals surface area contributed by atoms with Crippen LogP contribution < -0.4 is 5.32 Å². The Morgan fingerprint density at radius 2 is 2.24 bits per heavy atom. The fourth-order valence-corrected chi connectivity index (χ4v) is 2.79. The van der Waals surface area contributed by atoms with E-state index in [2.05, 4.69) is 10.3 Å². The zero-order valence-corrected chi connectivity index (χ0v) is 10.9. The Kier molecular flexibility index (Phi) is 4.44. The molecule has 0 bridgehead atoms. The van der Waals surface area contributed by atoms with E-state index < -0.39 is 16.1 Å². The van der Waals surface area contributed by atoms with Crippen LogP contribution in [-0.4, -0.2) is 49.6 Å². The highest BCUT2D eigenvalue weighted by Crippen LogP contribution is 2.22. The largest absolute Gasteiger partial charge is 0.395 e.